The van der Waals surface area contributed by atoms with Crippen molar-refractivity contribution in [3.8, 4) is 0 Å². The quantitative estimate of drug-likeness (QED) is 0.657. The second-order valence-electron chi connectivity index (χ2n) is 7.80. The van der Waals surface area contributed by atoms with Gasteiger partial charge in [0.15, 0.2) is 11.6 Å². The van der Waals surface area contributed by atoms with E-state index in [9.17, 15) is 26.8 Å². The standard InChI is InChI=1S/C22H25F2N3O5S/c1-13-11-27(12-14(2)32-13)33(30,31)17-7-4-15(5-8-17)21(28)26-20(22(29)25-3)16-6-9-18(23)19(24)10-16/h4-10,13-14,20H,11-12H2,1-3H3,(H,25,29)(H,26,28). The monoisotopic (exact) mass is 481 g/mol. The van der Waals surface area contributed by atoms with Crippen LogP contribution in [0.15, 0.2) is 47.4 Å². The molecule has 1 aliphatic heterocycles. The first-order valence-corrected chi connectivity index (χ1v) is 11.7. The van der Waals surface area contributed by atoms with Crippen molar-refractivity contribution >= 4 is 21.8 Å². The fraction of sp³-hybridized carbons (Fsp3) is 0.364. The van der Waals surface area contributed by atoms with E-state index in [0.717, 1.165) is 12.1 Å². The Kier molecular flexibility index (Phi) is 7.45. The summed E-state index contributed by atoms with van der Waals surface area (Å²) in [5.74, 6) is -3.56. The van der Waals surface area contributed by atoms with Gasteiger partial charge in [0.2, 0.25) is 15.9 Å². The average Bonchev–Trinajstić information content (AvgIpc) is 2.78. The first-order valence-electron chi connectivity index (χ1n) is 10.3. The van der Waals surface area contributed by atoms with E-state index in [1.807, 2.05) is 0 Å². The van der Waals surface area contributed by atoms with Gasteiger partial charge in [0.1, 0.15) is 6.04 Å². The Bertz CT molecular complexity index is 1130. The lowest BCUT2D eigenvalue weighted by atomic mass is 10.0. The first-order chi connectivity index (χ1) is 15.5. The van der Waals surface area contributed by atoms with Crippen LogP contribution in [-0.4, -0.2) is 56.9 Å². The highest BCUT2D eigenvalue weighted by Gasteiger charge is 2.32. The van der Waals surface area contributed by atoms with Gasteiger partial charge in [-0.2, -0.15) is 4.31 Å². The Morgan fingerprint density at radius 3 is 2.18 bits per heavy atom. The summed E-state index contributed by atoms with van der Waals surface area (Å²) in [6, 6.07) is 6.86. The molecular formula is C22H25F2N3O5S. The van der Waals surface area contributed by atoms with Gasteiger partial charge in [-0.3, -0.25) is 9.59 Å². The van der Waals surface area contributed by atoms with Crippen molar-refractivity contribution in [1.82, 2.24) is 14.9 Å². The van der Waals surface area contributed by atoms with Crippen LogP contribution < -0.4 is 10.6 Å². The normalized spacial score (nSPS) is 20.2. The van der Waals surface area contributed by atoms with Gasteiger partial charge in [0, 0.05) is 25.7 Å². The van der Waals surface area contributed by atoms with Crippen LogP contribution in [0.3, 0.4) is 0 Å². The number of halogens is 2. The number of benzene rings is 2. The number of carbonyl (C=O) groups is 2. The molecule has 0 bridgehead atoms. The summed E-state index contributed by atoms with van der Waals surface area (Å²) in [4.78, 5) is 25.0. The molecule has 2 amide bonds. The van der Waals surface area contributed by atoms with Gasteiger partial charge in [-0.1, -0.05) is 6.07 Å². The predicted octanol–water partition coefficient (Wildman–Crippen LogP) is 1.98. The Hall–Kier alpha value is -2.89. The second kappa shape index (κ2) is 9.94. The maximum Gasteiger partial charge on any atom is 0.252 e. The molecule has 0 radical (unpaired) electrons. The number of sulfonamides is 1. The van der Waals surface area contributed by atoms with Crippen LogP contribution in [0.4, 0.5) is 8.78 Å². The molecule has 0 saturated carbocycles. The average molecular weight is 482 g/mol. The summed E-state index contributed by atoms with van der Waals surface area (Å²) in [5.41, 5.74) is 0.144. The maximum absolute atomic E-state index is 13.6. The van der Waals surface area contributed by atoms with Crippen LogP contribution in [0.1, 0.15) is 35.8 Å². The second-order valence-corrected chi connectivity index (χ2v) is 9.74. The van der Waals surface area contributed by atoms with Crippen LogP contribution in [0.5, 0.6) is 0 Å². The molecule has 0 aromatic heterocycles. The first kappa shape index (κ1) is 24.7. The zero-order chi connectivity index (χ0) is 24.3. The molecule has 0 spiro atoms. The zero-order valence-electron chi connectivity index (χ0n) is 18.3. The zero-order valence-corrected chi connectivity index (χ0v) is 19.2. The number of rotatable bonds is 6. The van der Waals surface area contributed by atoms with Gasteiger partial charge in [-0.05, 0) is 55.8 Å². The lowest BCUT2D eigenvalue weighted by molar-refractivity contribution is -0.122. The molecule has 1 fully saturated rings. The van der Waals surface area contributed by atoms with E-state index >= 15 is 0 Å². The number of amides is 2. The summed E-state index contributed by atoms with van der Waals surface area (Å²) < 4.78 is 59.7. The fourth-order valence-electron chi connectivity index (χ4n) is 3.61. The van der Waals surface area contributed by atoms with Crippen LogP contribution in [0.25, 0.3) is 0 Å². The number of nitrogens with zero attached hydrogens (tertiary/aromatic N) is 1. The third kappa shape index (κ3) is 5.55. The number of carbonyl (C=O) groups excluding carboxylic acids is 2. The highest BCUT2D eigenvalue weighted by Crippen LogP contribution is 2.22. The van der Waals surface area contributed by atoms with Gasteiger partial charge in [0.05, 0.1) is 17.1 Å². The number of likely N-dealkylation sites (N-methyl/N-ethyl adjacent to an activating group) is 1. The lowest BCUT2D eigenvalue weighted by Gasteiger charge is -2.34. The van der Waals surface area contributed by atoms with Crippen molar-refractivity contribution < 1.29 is 31.5 Å². The van der Waals surface area contributed by atoms with Crippen LogP contribution in [0.2, 0.25) is 0 Å². The summed E-state index contributed by atoms with van der Waals surface area (Å²) in [6.07, 6.45) is -0.488. The third-order valence-corrected chi connectivity index (χ3v) is 7.05. The van der Waals surface area contributed by atoms with E-state index < -0.39 is 39.5 Å². The summed E-state index contributed by atoms with van der Waals surface area (Å²) in [5, 5.41) is 4.83. The molecule has 2 aromatic rings. The number of morpholine rings is 1. The lowest BCUT2D eigenvalue weighted by Crippen LogP contribution is -2.48. The molecule has 178 valence electrons. The Morgan fingerprint density at radius 1 is 1.03 bits per heavy atom. The van der Waals surface area contributed by atoms with E-state index in [2.05, 4.69) is 10.6 Å². The van der Waals surface area contributed by atoms with Crippen molar-refractivity contribution in [2.24, 2.45) is 0 Å². The van der Waals surface area contributed by atoms with Gasteiger partial charge in [-0.15, -0.1) is 0 Å². The van der Waals surface area contributed by atoms with Crippen molar-refractivity contribution in [2.75, 3.05) is 20.1 Å². The van der Waals surface area contributed by atoms with Gasteiger partial charge < -0.3 is 15.4 Å². The Morgan fingerprint density at radius 2 is 1.64 bits per heavy atom. The minimum atomic E-state index is -3.78. The van der Waals surface area contributed by atoms with Crippen molar-refractivity contribution in [3.63, 3.8) is 0 Å². The summed E-state index contributed by atoms with van der Waals surface area (Å²) >= 11 is 0. The Balaban J connectivity index is 1.79. The minimum Gasteiger partial charge on any atom is -0.373 e. The third-order valence-electron chi connectivity index (χ3n) is 5.20. The van der Waals surface area contributed by atoms with Crippen LogP contribution in [0, 0.1) is 11.6 Å². The van der Waals surface area contributed by atoms with E-state index in [1.165, 1.54) is 41.7 Å². The summed E-state index contributed by atoms with van der Waals surface area (Å²) in [7, 11) is -2.44. The molecule has 1 saturated heterocycles. The molecule has 0 aliphatic carbocycles. The van der Waals surface area contributed by atoms with Gasteiger partial charge >= 0.3 is 0 Å². The molecule has 1 heterocycles. The molecule has 33 heavy (non-hydrogen) atoms. The smallest absolute Gasteiger partial charge is 0.252 e. The Labute approximate surface area is 191 Å². The van der Waals surface area contributed by atoms with Gasteiger partial charge in [-0.25, -0.2) is 17.2 Å². The highest BCUT2D eigenvalue weighted by atomic mass is 32.2. The van der Waals surface area contributed by atoms with Crippen molar-refractivity contribution in [1.29, 1.82) is 0 Å². The van der Waals surface area contributed by atoms with Crippen molar-refractivity contribution in [3.05, 3.63) is 65.2 Å². The number of hydrogen-bond acceptors (Lipinski definition) is 5. The molecule has 2 N–H and O–H groups in total. The van der Waals surface area contributed by atoms with E-state index in [1.54, 1.807) is 13.8 Å². The van der Waals surface area contributed by atoms with E-state index in [-0.39, 0.29) is 41.3 Å². The topological polar surface area (TPSA) is 105 Å². The highest BCUT2D eigenvalue weighted by molar-refractivity contribution is 7.89. The summed E-state index contributed by atoms with van der Waals surface area (Å²) in [6.45, 7) is 4.02. The molecule has 1 aliphatic rings. The van der Waals surface area contributed by atoms with Gasteiger partial charge in [0.25, 0.3) is 5.91 Å². The predicted molar refractivity (Wildman–Crippen MR) is 116 cm³/mol. The molecule has 11 heteroatoms. The largest absolute Gasteiger partial charge is 0.373 e. The molecule has 3 unspecified atom stereocenters. The fourth-order valence-corrected chi connectivity index (χ4v) is 5.20. The molecule has 8 nitrogen and oxygen atoms in total. The van der Waals surface area contributed by atoms with Crippen LogP contribution >= 0.6 is 0 Å². The molecule has 3 atom stereocenters. The molecule has 3 rings (SSSR count). The number of hydrogen-bond donors (Lipinski definition) is 2. The SMILES string of the molecule is CNC(=O)C(NC(=O)c1ccc(S(=O)(=O)N2CC(C)OC(C)C2)cc1)c1ccc(F)c(F)c1. The van der Waals surface area contributed by atoms with E-state index in [4.69, 9.17) is 4.74 Å². The number of ether oxygens (including phenoxy) is 1. The number of nitrogens with one attached hydrogen (secondary N) is 2. The molecular weight excluding hydrogens is 456 g/mol. The maximum atomic E-state index is 13.6. The van der Waals surface area contributed by atoms with Crippen LogP contribution in [-0.2, 0) is 19.6 Å². The van der Waals surface area contributed by atoms with Crippen molar-refractivity contribution in [2.45, 2.75) is 37.0 Å². The van der Waals surface area contributed by atoms with E-state index in [0.29, 0.717) is 0 Å². The minimum absolute atomic E-state index is 0.0174. The molecule has 2 aromatic carbocycles.